The number of carbonyl (C=O) groups is 2. The van der Waals surface area contributed by atoms with E-state index in [1.807, 2.05) is 30.3 Å². The van der Waals surface area contributed by atoms with E-state index in [1.54, 1.807) is 11.8 Å². The molecule has 0 aliphatic rings. The molecule has 0 heterocycles. The maximum atomic E-state index is 11.5. The summed E-state index contributed by atoms with van der Waals surface area (Å²) in [6.07, 6.45) is 1.19. The lowest BCUT2D eigenvalue weighted by Gasteiger charge is -2.19. The molecule has 0 saturated heterocycles. The lowest BCUT2D eigenvalue weighted by atomic mass is 10.2. The van der Waals surface area contributed by atoms with Crippen molar-refractivity contribution >= 4 is 12.2 Å². The van der Waals surface area contributed by atoms with Crippen molar-refractivity contribution in [3.63, 3.8) is 0 Å². The Hall–Kier alpha value is -1.64. The number of amides is 1. The summed E-state index contributed by atoms with van der Waals surface area (Å²) >= 11 is 0. The van der Waals surface area contributed by atoms with Gasteiger partial charge in [0.05, 0.1) is 6.54 Å². The maximum absolute atomic E-state index is 11.5. The largest absolute Gasteiger partial charge is 0.331 e. The van der Waals surface area contributed by atoms with Crippen molar-refractivity contribution in [1.82, 2.24) is 4.90 Å². The highest BCUT2D eigenvalue weighted by Crippen LogP contribution is 2.05. The molecule has 0 fully saturated rings. The summed E-state index contributed by atoms with van der Waals surface area (Å²) in [5, 5.41) is 0. The summed E-state index contributed by atoms with van der Waals surface area (Å²) in [5.74, 6) is 0.00551. The van der Waals surface area contributed by atoms with E-state index in [4.69, 9.17) is 0 Å². The first-order valence-corrected chi connectivity index (χ1v) is 5.03. The first-order valence-electron chi connectivity index (χ1n) is 5.03. The molecule has 0 bridgehead atoms. The van der Waals surface area contributed by atoms with Gasteiger partial charge in [-0.2, -0.15) is 0 Å². The van der Waals surface area contributed by atoms with Crippen LogP contribution in [0, 0.1) is 0 Å². The summed E-state index contributed by atoms with van der Waals surface area (Å²) in [5.41, 5.74) is 1.04. The molecule has 0 aliphatic carbocycles. The van der Waals surface area contributed by atoms with Crippen molar-refractivity contribution in [2.24, 2.45) is 0 Å². The normalized spacial score (nSPS) is 9.67. The zero-order valence-electron chi connectivity index (χ0n) is 8.85. The van der Waals surface area contributed by atoms with Crippen molar-refractivity contribution in [3.05, 3.63) is 35.9 Å². The Kier molecular flexibility index (Phi) is 4.54. The third kappa shape index (κ3) is 3.54. The Labute approximate surface area is 89.7 Å². The first-order chi connectivity index (χ1) is 7.27. The van der Waals surface area contributed by atoms with Gasteiger partial charge in [-0.05, 0) is 5.56 Å². The molecule has 0 spiro atoms. The third-order valence-electron chi connectivity index (χ3n) is 2.17. The lowest BCUT2D eigenvalue weighted by Crippen LogP contribution is -2.31. The van der Waals surface area contributed by atoms with Crippen LogP contribution in [0.25, 0.3) is 0 Å². The molecule has 1 amide bonds. The molecular weight excluding hydrogens is 190 g/mol. The van der Waals surface area contributed by atoms with E-state index in [9.17, 15) is 9.59 Å². The van der Waals surface area contributed by atoms with E-state index in [2.05, 4.69) is 0 Å². The number of aldehydes is 1. The van der Waals surface area contributed by atoms with Gasteiger partial charge >= 0.3 is 0 Å². The summed E-state index contributed by atoms with van der Waals surface area (Å²) in [6, 6.07) is 9.66. The molecule has 1 aromatic carbocycles. The van der Waals surface area contributed by atoms with Crippen molar-refractivity contribution in [1.29, 1.82) is 0 Å². The molecule has 0 aromatic heterocycles. The minimum absolute atomic E-state index is 0.00551. The number of nitrogens with zero attached hydrogens (tertiary/aromatic N) is 1. The number of carbonyl (C=O) groups excluding carboxylic acids is 2. The van der Waals surface area contributed by atoms with E-state index in [-0.39, 0.29) is 12.5 Å². The van der Waals surface area contributed by atoms with Crippen LogP contribution in [0.5, 0.6) is 0 Å². The molecule has 3 heteroatoms. The summed E-state index contributed by atoms with van der Waals surface area (Å²) < 4.78 is 0. The van der Waals surface area contributed by atoms with Crippen LogP contribution in [0.3, 0.4) is 0 Å². The van der Waals surface area contributed by atoms with Crippen molar-refractivity contribution in [3.8, 4) is 0 Å². The predicted molar refractivity (Wildman–Crippen MR) is 58.2 cm³/mol. The fourth-order valence-corrected chi connectivity index (χ4v) is 1.37. The minimum atomic E-state index is 0.00551. The third-order valence-corrected chi connectivity index (χ3v) is 2.17. The topological polar surface area (TPSA) is 37.4 Å². The minimum Gasteiger partial charge on any atom is -0.331 e. The fourth-order valence-electron chi connectivity index (χ4n) is 1.37. The SMILES string of the molecule is CCC(=O)N(CC=O)Cc1ccccc1. The van der Waals surface area contributed by atoms with Crippen LogP contribution in [0.1, 0.15) is 18.9 Å². The molecule has 1 aromatic rings. The zero-order valence-corrected chi connectivity index (χ0v) is 8.85. The average Bonchev–Trinajstić information content (AvgIpc) is 2.29. The molecule has 0 unspecified atom stereocenters. The highest BCUT2D eigenvalue weighted by molar-refractivity contribution is 5.78. The Balaban J connectivity index is 2.66. The molecular formula is C12H15NO2. The van der Waals surface area contributed by atoms with Gasteiger partial charge in [0.15, 0.2) is 0 Å². The van der Waals surface area contributed by atoms with Crippen LogP contribution in [0.15, 0.2) is 30.3 Å². The Morgan fingerprint density at radius 1 is 1.33 bits per heavy atom. The monoisotopic (exact) mass is 205 g/mol. The summed E-state index contributed by atoms with van der Waals surface area (Å²) in [6.45, 7) is 2.47. The molecule has 0 aliphatic heterocycles. The van der Waals surface area contributed by atoms with Crippen molar-refractivity contribution in [2.75, 3.05) is 6.54 Å². The second kappa shape index (κ2) is 5.96. The molecule has 15 heavy (non-hydrogen) atoms. The van der Waals surface area contributed by atoms with Crippen LogP contribution < -0.4 is 0 Å². The van der Waals surface area contributed by atoms with Gasteiger partial charge in [0, 0.05) is 13.0 Å². The van der Waals surface area contributed by atoms with E-state index in [0.29, 0.717) is 13.0 Å². The second-order valence-corrected chi connectivity index (χ2v) is 3.28. The van der Waals surface area contributed by atoms with Gasteiger partial charge in [0.25, 0.3) is 0 Å². The van der Waals surface area contributed by atoms with Crippen molar-refractivity contribution in [2.45, 2.75) is 19.9 Å². The van der Waals surface area contributed by atoms with Gasteiger partial charge in [-0.3, -0.25) is 4.79 Å². The van der Waals surface area contributed by atoms with E-state index in [1.165, 1.54) is 0 Å². The molecule has 0 atom stereocenters. The number of hydrogen-bond acceptors (Lipinski definition) is 2. The van der Waals surface area contributed by atoms with Gasteiger partial charge < -0.3 is 9.69 Å². The maximum Gasteiger partial charge on any atom is 0.222 e. The Bertz CT molecular complexity index is 322. The van der Waals surface area contributed by atoms with Crippen LogP contribution in [0.4, 0.5) is 0 Å². The quantitative estimate of drug-likeness (QED) is 0.685. The highest BCUT2D eigenvalue weighted by atomic mass is 16.2. The van der Waals surface area contributed by atoms with E-state index < -0.39 is 0 Å². The smallest absolute Gasteiger partial charge is 0.222 e. The second-order valence-electron chi connectivity index (χ2n) is 3.28. The molecule has 0 radical (unpaired) electrons. The zero-order chi connectivity index (χ0) is 11.1. The van der Waals surface area contributed by atoms with Gasteiger partial charge in [-0.1, -0.05) is 37.3 Å². The number of rotatable bonds is 5. The van der Waals surface area contributed by atoms with E-state index >= 15 is 0 Å². The molecule has 0 N–H and O–H groups in total. The summed E-state index contributed by atoms with van der Waals surface area (Å²) in [4.78, 5) is 23.5. The molecule has 80 valence electrons. The van der Waals surface area contributed by atoms with Crippen LogP contribution in [-0.2, 0) is 16.1 Å². The standard InChI is InChI=1S/C12H15NO2/c1-2-12(15)13(8-9-14)10-11-6-4-3-5-7-11/h3-7,9H,2,8,10H2,1H3. The van der Waals surface area contributed by atoms with Crippen LogP contribution >= 0.6 is 0 Å². The van der Waals surface area contributed by atoms with Gasteiger partial charge in [-0.25, -0.2) is 0 Å². The predicted octanol–water partition coefficient (Wildman–Crippen LogP) is 1.62. The number of hydrogen-bond donors (Lipinski definition) is 0. The van der Waals surface area contributed by atoms with Gasteiger partial charge in [0.1, 0.15) is 6.29 Å². The Morgan fingerprint density at radius 2 is 2.00 bits per heavy atom. The molecule has 3 nitrogen and oxygen atoms in total. The summed E-state index contributed by atoms with van der Waals surface area (Å²) in [7, 11) is 0. The van der Waals surface area contributed by atoms with E-state index in [0.717, 1.165) is 11.8 Å². The van der Waals surface area contributed by atoms with Gasteiger partial charge in [-0.15, -0.1) is 0 Å². The van der Waals surface area contributed by atoms with Crippen molar-refractivity contribution < 1.29 is 9.59 Å². The van der Waals surface area contributed by atoms with Gasteiger partial charge in [0.2, 0.25) is 5.91 Å². The first kappa shape index (κ1) is 11.4. The Morgan fingerprint density at radius 3 is 2.53 bits per heavy atom. The number of benzene rings is 1. The fraction of sp³-hybridized carbons (Fsp3) is 0.333. The molecule has 0 saturated carbocycles. The highest BCUT2D eigenvalue weighted by Gasteiger charge is 2.10. The van der Waals surface area contributed by atoms with Crippen LogP contribution in [0.2, 0.25) is 0 Å². The van der Waals surface area contributed by atoms with Crippen LogP contribution in [-0.4, -0.2) is 23.6 Å². The average molecular weight is 205 g/mol. The lowest BCUT2D eigenvalue weighted by molar-refractivity contribution is -0.133. The molecule has 1 rings (SSSR count).